The van der Waals surface area contributed by atoms with Crippen molar-refractivity contribution in [2.24, 2.45) is 0 Å². The van der Waals surface area contributed by atoms with Crippen LogP contribution in [0.3, 0.4) is 0 Å². The molecule has 2 aromatic carbocycles. The Morgan fingerprint density at radius 1 is 0.643 bits per heavy atom. The summed E-state index contributed by atoms with van der Waals surface area (Å²) in [5, 5.41) is 10.7. The summed E-state index contributed by atoms with van der Waals surface area (Å²) in [6, 6.07) is 13.0. The molecule has 3 N–H and O–H groups in total. The van der Waals surface area contributed by atoms with E-state index < -0.39 is 0 Å². The molecule has 0 heterocycles. The number of aryl methyl sites for hydroxylation is 4. The summed E-state index contributed by atoms with van der Waals surface area (Å²) in [6.07, 6.45) is 2.15. The van der Waals surface area contributed by atoms with Crippen LogP contribution in [0.1, 0.15) is 36.1 Å². The van der Waals surface area contributed by atoms with E-state index in [1.165, 1.54) is 33.6 Å². The first-order chi connectivity index (χ1) is 12.2. The Balaban J connectivity index is 0. The topological polar surface area (TPSA) is 36.1 Å². The number of hydrogen-bond donors (Lipinski definition) is 3. The molecule has 28 heavy (non-hydrogen) atoms. The fourth-order valence-electron chi connectivity index (χ4n) is 3.24. The maximum Gasteiger partial charge on any atom is 2.00 e. The van der Waals surface area contributed by atoms with Gasteiger partial charge in [0.25, 0.3) is 0 Å². The average Bonchev–Trinajstić information content (AvgIpc) is 2.62. The molecule has 0 saturated heterocycles. The summed E-state index contributed by atoms with van der Waals surface area (Å²) in [7, 11) is 0. The SMILES string of the molecule is CCc1cccc(CC)c1NCCNCCNc1c(C)cccc1C.[Br-].[Br-].[Co+2]. The Labute approximate surface area is 202 Å². The minimum absolute atomic E-state index is 0. The molecule has 2 aromatic rings. The summed E-state index contributed by atoms with van der Waals surface area (Å²) in [5.74, 6) is 0. The number of para-hydroxylation sites is 2. The molecule has 0 atom stereocenters. The molecule has 159 valence electrons. The number of nitrogens with one attached hydrogen (secondary N) is 3. The van der Waals surface area contributed by atoms with Gasteiger partial charge >= 0.3 is 16.8 Å². The van der Waals surface area contributed by atoms with Gasteiger partial charge in [-0.15, -0.1) is 0 Å². The zero-order valence-electron chi connectivity index (χ0n) is 17.3. The van der Waals surface area contributed by atoms with Crippen molar-refractivity contribution in [1.82, 2.24) is 5.32 Å². The van der Waals surface area contributed by atoms with Gasteiger partial charge < -0.3 is 49.9 Å². The van der Waals surface area contributed by atoms with E-state index in [1.54, 1.807) is 0 Å². The van der Waals surface area contributed by atoms with Gasteiger partial charge in [-0.05, 0) is 48.9 Å². The van der Waals surface area contributed by atoms with Crippen molar-refractivity contribution in [3.8, 4) is 0 Å². The van der Waals surface area contributed by atoms with Crippen molar-refractivity contribution in [3.63, 3.8) is 0 Å². The van der Waals surface area contributed by atoms with Crippen molar-refractivity contribution >= 4 is 11.4 Å². The quantitative estimate of drug-likeness (QED) is 0.313. The van der Waals surface area contributed by atoms with Crippen LogP contribution in [-0.4, -0.2) is 26.2 Å². The number of anilines is 2. The maximum absolute atomic E-state index is 3.63. The van der Waals surface area contributed by atoms with Gasteiger partial charge in [-0.2, -0.15) is 0 Å². The normalized spacial score (nSPS) is 9.57. The molecule has 0 bridgehead atoms. The third-order valence-corrected chi connectivity index (χ3v) is 4.69. The largest absolute Gasteiger partial charge is 2.00 e. The van der Waals surface area contributed by atoms with Crippen LogP contribution in [0.15, 0.2) is 36.4 Å². The Morgan fingerprint density at radius 3 is 1.54 bits per heavy atom. The van der Waals surface area contributed by atoms with Gasteiger partial charge in [0.05, 0.1) is 0 Å². The second-order valence-electron chi connectivity index (χ2n) is 6.53. The van der Waals surface area contributed by atoms with Gasteiger partial charge in [-0.1, -0.05) is 50.2 Å². The van der Waals surface area contributed by atoms with E-state index in [4.69, 9.17) is 0 Å². The first kappa shape index (κ1) is 29.7. The zero-order chi connectivity index (χ0) is 18.1. The fourth-order valence-corrected chi connectivity index (χ4v) is 3.24. The summed E-state index contributed by atoms with van der Waals surface area (Å²) in [6.45, 7) is 12.6. The van der Waals surface area contributed by atoms with E-state index in [0.29, 0.717) is 0 Å². The first-order valence-corrected chi connectivity index (χ1v) is 9.52. The molecule has 0 aliphatic rings. The molecule has 0 unspecified atom stereocenters. The molecule has 2 rings (SSSR count). The first-order valence-electron chi connectivity index (χ1n) is 9.52. The van der Waals surface area contributed by atoms with Crippen LogP contribution in [0.5, 0.6) is 0 Å². The van der Waals surface area contributed by atoms with Gasteiger partial charge in [0.2, 0.25) is 0 Å². The van der Waals surface area contributed by atoms with Crippen LogP contribution in [-0.2, 0) is 29.6 Å². The standard InChI is InChI=1S/C22H33N3.2BrH.Co/c1-5-19-11-8-12-20(6-2)22(19)25-16-14-23-13-15-24-21-17(3)9-7-10-18(21)4;;;/h7-12,23-25H,5-6,13-16H2,1-4H3;2*1H;/q;;;+2/p-2. The number of benzene rings is 2. The van der Waals surface area contributed by atoms with Crippen LogP contribution in [0.4, 0.5) is 11.4 Å². The molecule has 0 aromatic heterocycles. The van der Waals surface area contributed by atoms with E-state index in [2.05, 4.69) is 80.0 Å². The van der Waals surface area contributed by atoms with Gasteiger partial charge in [0.15, 0.2) is 0 Å². The van der Waals surface area contributed by atoms with Crippen molar-refractivity contribution < 1.29 is 50.7 Å². The number of halogens is 2. The van der Waals surface area contributed by atoms with E-state index in [1.807, 2.05) is 0 Å². The molecular weight excluding hydrogens is 525 g/mol. The third-order valence-electron chi connectivity index (χ3n) is 4.69. The smallest absolute Gasteiger partial charge is 1.00 e. The average molecular weight is 558 g/mol. The summed E-state index contributed by atoms with van der Waals surface area (Å²) in [5.41, 5.74) is 8.05. The molecule has 3 nitrogen and oxygen atoms in total. The van der Waals surface area contributed by atoms with E-state index in [9.17, 15) is 0 Å². The van der Waals surface area contributed by atoms with Gasteiger partial charge in [0, 0.05) is 37.6 Å². The van der Waals surface area contributed by atoms with Crippen LogP contribution in [0.2, 0.25) is 0 Å². The monoisotopic (exact) mass is 556 g/mol. The summed E-state index contributed by atoms with van der Waals surface area (Å²) >= 11 is 0. The minimum atomic E-state index is 0. The Morgan fingerprint density at radius 2 is 1.07 bits per heavy atom. The van der Waals surface area contributed by atoms with Crippen molar-refractivity contribution in [2.45, 2.75) is 40.5 Å². The molecule has 0 fully saturated rings. The molecule has 0 saturated carbocycles. The Hall–Kier alpha value is -0.534. The zero-order valence-corrected chi connectivity index (χ0v) is 21.5. The Kier molecular flexibility index (Phi) is 17.3. The molecule has 6 heteroatoms. The molecule has 0 spiro atoms. The molecule has 1 radical (unpaired) electrons. The van der Waals surface area contributed by atoms with Crippen molar-refractivity contribution in [2.75, 3.05) is 36.8 Å². The third kappa shape index (κ3) is 8.87. The number of rotatable bonds is 10. The van der Waals surface area contributed by atoms with Crippen LogP contribution in [0.25, 0.3) is 0 Å². The Bertz CT molecular complexity index is 638. The van der Waals surface area contributed by atoms with Crippen molar-refractivity contribution in [1.29, 1.82) is 0 Å². The number of hydrogen-bond acceptors (Lipinski definition) is 3. The molecule has 0 aliphatic heterocycles. The predicted octanol–water partition coefficient (Wildman–Crippen LogP) is -1.45. The van der Waals surface area contributed by atoms with E-state index in [-0.39, 0.29) is 50.7 Å². The summed E-state index contributed by atoms with van der Waals surface area (Å²) in [4.78, 5) is 0. The second kappa shape index (κ2) is 16.3. The van der Waals surface area contributed by atoms with E-state index >= 15 is 0 Å². The second-order valence-corrected chi connectivity index (χ2v) is 6.53. The van der Waals surface area contributed by atoms with Gasteiger partial charge in [-0.3, -0.25) is 0 Å². The fraction of sp³-hybridized carbons (Fsp3) is 0.455. The molecular formula is C22H33Br2CoN3. The summed E-state index contributed by atoms with van der Waals surface area (Å²) < 4.78 is 0. The van der Waals surface area contributed by atoms with E-state index in [0.717, 1.165) is 39.0 Å². The van der Waals surface area contributed by atoms with Crippen LogP contribution >= 0.6 is 0 Å². The predicted molar refractivity (Wildman–Crippen MR) is 111 cm³/mol. The molecule has 0 amide bonds. The van der Waals surface area contributed by atoms with Crippen molar-refractivity contribution in [3.05, 3.63) is 58.7 Å². The van der Waals surface area contributed by atoms with Gasteiger partial charge in [-0.25, -0.2) is 0 Å². The van der Waals surface area contributed by atoms with Crippen LogP contribution in [0, 0.1) is 13.8 Å². The molecule has 0 aliphatic carbocycles. The maximum atomic E-state index is 3.63. The minimum Gasteiger partial charge on any atom is -1.00 e. The van der Waals surface area contributed by atoms with Gasteiger partial charge in [0.1, 0.15) is 0 Å². The van der Waals surface area contributed by atoms with Crippen LogP contribution < -0.4 is 49.9 Å².